The molecule has 3 N–H and O–H groups in total. The normalized spacial score (nSPS) is 13.7. The van der Waals surface area contributed by atoms with Crippen LogP contribution in [0, 0.1) is 6.92 Å². The van der Waals surface area contributed by atoms with E-state index in [9.17, 15) is 14.7 Å². The molecular weight excluding hydrogens is 342 g/mol. The molecule has 0 radical (unpaired) electrons. The Morgan fingerprint density at radius 3 is 2.67 bits per heavy atom. The average Bonchev–Trinajstić information content (AvgIpc) is 3.08. The highest BCUT2D eigenvalue weighted by Crippen LogP contribution is 2.28. The first-order chi connectivity index (χ1) is 13.0. The van der Waals surface area contributed by atoms with Gasteiger partial charge in [0, 0.05) is 30.9 Å². The number of aryl methyl sites for hydroxylation is 2. The fourth-order valence-electron chi connectivity index (χ4n) is 3.21. The van der Waals surface area contributed by atoms with Gasteiger partial charge in [-0.1, -0.05) is 18.2 Å². The van der Waals surface area contributed by atoms with Gasteiger partial charge >= 0.3 is 6.03 Å². The lowest BCUT2D eigenvalue weighted by Gasteiger charge is -2.19. The zero-order valence-electron chi connectivity index (χ0n) is 15.5. The molecule has 27 heavy (non-hydrogen) atoms. The van der Waals surface area contributed by atoms with Crippen molar-refractivity contribution in [3.05, 3.63) is 53.6 Å². The highest BCUT2D eigenvalue weighted by atomic mass is 16.3. The van der Waals surface area contributed by atoms with Gasteiger partial charge in [0.15, 0.2) is 0 Å². The van der Waals surface area contributed by atoms with Crippen LogP contribution in [0.1, 0.15) is 30.4 Å². The molecule has 2 aromatic carbocycles. The van der Waals surface area contributed by atoms with E-state index >= 15 is 0 Å². The average molecular weight is 367 g/mol. The summed E-state index contributed by atoms with van der Waals surface area (Å²) >= 11 is 0. The molecule has 0 aliphatic carbocycles. The van der Waals surface area contributed by atoms with Crippen molar-refractivity contribution >= 4 is 23.3 Å². The summed E-state index contributed by atoms with van der Waals surface area (Å²) in [4.78, 5) is 25.9. The molecule has 1 heterocycles. The number of hydrogen-bond acceptors (Lipinski definition) is 3. The van der Waals surface area contributed by atoms with Gasteiger partial charge in [-0.05, 0) is 61.6 Å². The third-order valence-electron chi connectivity index (χ3n) is 4.70. The van der Waals surface area contributed by atoms with Crippen molar-refractivity contribution in [1.29, 1.82) is 0 Å². The molecule has 0 spiro atoms. The van der Waals surface area contributed by atoms with E-state index < -0.39 is 0 Å². The van der Waals surface area contributed by atoms with Crippen molar-refractivity contribution in [2.45, 2.75) is 32.6 Å². The van der Waals surface area contributed by atoms with Crippen LogP contribution in [0.2, 0.25) is 0 Å². The quantitative estimate of drug-likeness (QED) is 0.683. The van der Waals surface area contributed by atoms with Crippen LogP contribution in [0.3, 0.4) is 0 Å². The number of urea groups is 1. The molecule has 0 bridgehead atoms. The van der Waals surface area contributed by atoms with Crippen LogP contribution in [0.5, 0.6) is 5.75 Å². The topological polar surface area (TPSA) is 81.7 Å². The molecule has 142 valence electrons. The van der Waals surface area contributed by atoms with Crippen molar-refractivity contribution in [3.63, 3.8) is 0 Å². The fraction of sp³-hybridized carbons (Fsp3) is 0.333. The van der Waals surface area contributed by atoms with Crippen molar-refractivity contribution in [2.24, 2.45) is 0 Å². The Kier molecular flexibility index (Phi) is 5.96. The minimum absolute atomic E-state index is 0.133. The third-order valence-corrected chi connectivity index (χ3v) is 4.70. The predicted octanol–water partition coefficient (Wildman–Crippen LogP) is 3.58. The number of hydrogen-bond donors (Lipinski definition) is 3. The standard InChI is InChI=1S/C21H25N3O3/c1-15-6-9-17(14-19(15)24-13-3-5-20(24)26)23-21(27)22-12-2-4-16-7-10-18(25)11-8-16/h6-11,14,25H,2-5,12-13H2,1H3,(H2,22,23,27). The summed E-state index contributed by atoms with van der Waals surface area (Å²) in [6, 6.07) is 12.4. The predicted molar refractivity (Wildman–Crippen MR) is 106 cm³/mol. The van der Waals surface area contributed by atoms with E-state index in [2.05, 4.69) is 10.6 Å². The van der Waals surface area contributed by atoms with E-state index in [0.717, 1.165) is 42.6 Å². The summed E-state index contributed by atoms with van der Waals surface area (Å²) in [5.41, 5.74) is 3.67. The second kappa shape index (κ2) is 8.58. The van der Waals surface area contributed by atoms with Crippen LogP contribution in [0.4, 0.5) is 16.2 Å². The van der Waals surface area contributed by atoms with E-state index in [1.807, 2.05) is 37.3 Å². The lowest BCUT2D eigenvalue weighted by Crippen LogP contribution is -2.30. The van der Waals surface area contributed by atoms with Crippen LogP contribution in [0.15, 0.2) is 42.5 Å². The molecule has 1 fully saturated rings. The van der Waals surface area contributed by atoms with Gasteiger partial charge in [0.25, 0.3) is 0 Å². The number of phenolic OH excluding ortho intramolecular Hbond substituents is 1. The van der Waals surface area contributed by atoms with Crippen LogP contribution in [0.25, 0.3) is 0 Å². The van der Waals surface area contributed by atoms with Gasteiger partial charge in [-0.2, -0.15) is 0 Å². The maximum atomic E-state index is 12.1. The minimum Gasteiger partial charge on any atom is -0.508 e. The zero-order chi connectivity index (χ0) is 19.2. The second-order valence-electron chi connectivity index (χ2n) is 6.80. The van der Waals surface area contributed by atoms with Gasteiger partial charge in [-0.3, -0.25) is 4.79 Å². The molecular formula is C21H25N3O3. The fourth-order valence-corrected chi connectivity index (χ4v) is 3.21. The molecule has 1 aliphatic rings. The summed E-state index contributed by atoms with van der Waals surface area (Å²) in [5.74, 6) is 0.387. The van der Waals surface area contributed by atoms with Gasteiger partial charge in [0.1, 0.15) is 5.75 Å². The maximum Gasteiger partial charge on any atom is 0.319 e. The lowest BCUT2D eigenvalue weighted by molar-refractivity contribution is -0.117. The van der Waals surface area contributed by atoms with E-state index in [0.29, 0.717) is 18.7 Å². The summed E-state index contributed by atoms with van der Waals surface area (Å²) in [6.07, 6.45) is 3.09. The number of aromatic hydroxyl groups is 1. The van der Waals surface area contributed by atoms with E-state index in [1.54, 1.807) is 17.0 Å². The summed E-state index contributed by atoms with van der Waals surface area (Å²) in [6.45, 7) is 3.25. The molecule has 0 saturated carbocycles. The van der Waals surface area contributed by atoms with Crippen LogP contribution in [-0.2, 0) is 11.2 Å². The summed E-state index contributed by atoms with van der Waals surface area (Å²) in [7, 11) is 0. The SMILES string of the molecule is Cc1ccc(NC(=O)NCCCc2ccc(O)cc2)cc1N1CCCC1=O. The second-order valence-corrected chi connectivity index (χ2v) is 6.80. The number of carbonyl (C=O) groups is 2. The number of phenols is 1. The lowest BCUT2D eigenvalue weighted by atomic mass is 10.1. The van der Waals surface area contributed by atoms with Crippen LogP contribution >= 0.6 is 0 Å². The van der Waals surface area contributed by atoms with Crippen LogP contribution < -0.4 is 15.5 Å². The van der Waals surface area contributed by atoms with Crippen molar-refractivity contribution < 1.29 is 14.7 Å². The third kappa shape index (κ3) is 5.00. The first-order valence-corrected chi connectivity index (χ1v) is 9.27. The van der Waals surface area contributed by atoms with Crippen LogP contribution in [-0.4, -0.2) is 30.1 Å². The monoisotopic (exact) mass is 367 g/mol. The number of nitrogens with zero attached hydrogens (tertiary/aromatic N) is 1. The Labute approximate surface area is 159 Å². The number of benzene rings is 2. The van der Waals surface area contributed by atoms with Gasteiger partial charge < -0.3 is 20.6 Å². The minimum atomic E-state index is -0.261. The highest BCUT2D eigenvalue weighted by Gasteiger charge is 2.23. The molecule has 6 heteroatoms. The summed E-state index contributed by atoms with van der Waals surface area (Å²) < 4.78 is 0. The van der Waals surface area contributed by atoms with E-state index in [-0.39, 0.29) is 17.7 Å². The molecule has 2 aromatic rings. The number of carbonyl (C=O) groups excluding carboxylic acids is 2. The Morgan fingerprint density at radius 2 is 1.96 bits per heavy atom. The molecule has 6 nitrogen and oxygen atoms in total. The zero-order valence-corrected chi connectivity index (χ0v) is 15.5. The Balaban J connectivity index is 1.49. The first-order valence-electron chi connectivity index (χ1n) is 9.27. The molecule has 1 aliphatic heterocycles. The first kappa shape index (κ1) is 18.8. The molecule has 3 rings (SSSR count). The number of nitrogens with one attached hydrogen (secondary N) is 2. The van der Waals surface area contributed by atoms with Gasteiger partial charge in [-0.15, -0.1) is 0 Å². The van der Waals surface area contributed by atoms with Gasteiger partial charge in [-0.25, -0.2) is 4.79 Å². The van der Waals surface area contributed by atoms with Gasteiger partial charge in [0.2, 0.25) is 5.91 Å². The smallest absolute Gasteiger partial charge is 0.319 e. The van der Waals surface area contributed by atoms with Gasteiger partial charge in [0.05, 0.1) is 0 Å². The number of amides is 3. The Hall–Kier alpha value is -3.02. The molecule has 0 unspecified atom stereocenters. The Bertz CT molecular complexity index is 818. The molecule has 3 amide bonds. The summed E-state index contributed by atoms with van der Waals surface area (Å²) in [5, 5.41) is 15.0. The van der Waals surface area contributed by atoms with Crippen molar-refractivity contribution in [1.82, 2.24) is 5.32 Å². The highest BCUT2D eigenvalue weighted by molar-refractivity contribution is 5.97. The van der Waals surface area contributed by atoms with Crippen molar-refractivity contribution in [3.8, 4) is 5.75 Å². The molecule has 1 saturated heterocycles. The Morgan fingerprint density at radius 1 is 1.19 bits per heavy atom. The molecule has 0 aromatic heterocycles. The largest absolute Gasteiger partial charge is 0.508 e. The van der Waals surface area contributed by atoms with E-state index in [1.165, 1.54) is 0 Å². The number of anilines is 2. The van der Waals surface area contributed by atoms with E-state index in [4.69, 9.17) is 0 Å². The molecule has 0 atom stereocenters. The number of rotatable bonds is 6. The van der Waals surface area contributed by atoms with Crippen molar-refractivity contribution in [2.75, 3.05) is 23.3 Å². The maximum absolute atomic E-state index is 12.1.